The highest BCUT2D eigenvalue weighted by molar-refractivity contribution is 6.32. The summed E-state index contributed by atoms with van der Waals surface area (Å²) >= 11 is 6.16. The number of piperidine rings is 1. The monoisotopic (exact) mass is 324 g/mol. The summed E-state index contributed by atoms with van der Waals surface area (Å²) in [7, 11) is 1.97. The van der Waals surface area contributed by atoms with Crippen molar-refractivity contribution < 1.29 is 14.3 Å². The van der Waals surface area contributed by atoms with E-state index in [1.807, 2.05) is 11.9 Å². The van der Waals surface area contributed by atoms with Gasteiger partial charge in [-0.05, 0) is 50.9 Å². The lowest BCUT2D eigenvalue weighted by atomic mass is 9.93. The molecule has 22 heavy (non-hydrogen) atoms. The summed E-state index contributed by atoms with van der Waals surface area (Å²) in [5.74, 6) is 1.81. The quantitative estimate of drug-likeness (QED) is 0.924. The highest BCUT2D eigenvalue weighted by Gasteiger charge is 2.26. The summed E-state index contributed by atoms with van der Waals surface area (Å²) in [5.41, 5.74) is 0.572. The van der Waals surface area contributed by atoms with Gasteiger partial charge in [-0.3, -0.25) is 4.79 Å². The number of rotatable bonds is 4. The Morgan fingerprint density at radius 2 is 2.14 bits per heavy atom. The Morgan fingerprint density at radius 1 is 1.36 bits per heavy atom. The van der Waals surface area contributed by atoms with Crippen molar-refractivity contribution in [1.29, 1.82) is 0 Å². The van der Waals surface area contributed by atoms with Gasteiger partial charge in [0.2, 0.25) is 6.79 Å². The molecular weight excluding hydrogens is 304 g/mol. The van der Waals surface area contributed by atoms with Gasteiger partial charge in [-0.15, -0.1) is 0 Å². The number of fused-ring (bicyclic) bond motifs is 1. The Hall–Kier alpha value is -1.46. The maximum Gasteiger partial charge on any atom is 0.254 e. The summed E-state index contributed by atoms with van der Waals surface area (Å²) in [5, 5.41) is 3.62. The van der Waals surface area contributed by atoms with Crippen LogP contribution in [0.4, 0.5) is 0 Å². The number of amides is 1. The summed E-state index contributed by atoms with van der Waals surface area (Å²) in [6.45, 7) is 2.80. The predicted molar refractivity (Wildman–Crippen MR) is 84.7 cm³/mol. The number of carbonyl (C=O) groups is 1. The second kappa shape index (κ2) is 6.75. The Morgan fingerprint density at radius 3 is 2.86 bits per heavy atom. The van der Waals surface area contributed by atoms with Crippen molar-refractivity contribution in [2.75, 3.05) is 33.5 Å². The molecule has 1 saturated heterocycles. The standard InChI is InChI=1S/C16H21ClN2O3/c1-18-5-2-11-3-6-19(7-4-11)16(20)12-8-13(17)15-14(9-12)21-10-22-15/h8-9,11,18H,2-7,10H2,1H3. The number of carbonyl (C=O) groups excluding carboxylic acids is 1. The molecule has 6 heteroatoms. The SMILES string of the molecule is CNCCC1CCN(C(=O)c2cc(Cl)c3c(c2)OCO3)CC1. The summed E-state index contributed by atoms with van der Waals surface area (Å²) in [6.07, 6.45) is 3.30. The molecule has 2 aliphatic heterocycles. The largest absolute Gasteiger partial charge is 0.454 e. The number of nitrogens with one attached hydrogen (secondary N) is 1. The van der Waals surface area contributed by atoms with Crippen LogP contribution in [-0.4, -0.2) is 44.3 Å². The maximum atomic E-state index is 12.6. The Bertz CT molecular complexity index is 557. The molecule has 5 nitrogen and oxygen atoms in total. The molecule has 1 N–H and O–H groups in total. The van der Waals surface area contributed by atoms with E-state index in [1.54, 1.807) is 12.1 Å². The predicted octanol–water partition coefficient (Wildman–Crippen LogP) is 2.53. The molecule has 0 spiro atoms. The molecule has 1 aromatic rings. The smallest absolute Gasteiger partial charge is 0.254 e. The van der Waals surface area contributed by atoms with Gasteiger partial charge in [-0.25, -0.2) is 0 Å². The molecule has 0 saturated carbocycles. The summed E-state index contributed by atoms with van der Waals surface area (Å²) < 4.78 is 10.6. The van der Waals surface area contributed by atoms with E-state index in [-0.39, 0.29) is 12.7 Å². The van der Waals surface area contributed by atoms with Gasteiger partial charge in [0, 0.05) is 18.7 Å². The zero-order valence-electron chi connectivity index (χ0n) is 12.7. The number of benzene rings is 1. The number of ether oxygens (including phenoxy) is 2. The second-order valence-corrected chi connectivity index (χ2v) is 6.23. The first kappa shape index (κ1) is 15.4. The lowest BCUT2D eigenvalue weighted by molar-refractivity contribution is 0.0686. The minimum absolute atomic E-state index is 0.0206. The highest BCUT2D eigenvalue weighted by atomic mass is 35.5. The molecular formula is C16H21ClN2O3. The van der Waals surface area contributed by atoms with Crippen LogP contribution in [0.5, 0.6) is 11.5 Å². The summed E-state index contributed by atoms with van der Waals surface area (Å²) in [6, 6.07) is 3.40. The summed E-state index contributed by atoms with van der Waals surface area (Å²) in [4.78, 5) is 14.5. The van der Waals surface area contributed by atoms with Gasteiger partial charge < -0.3 is 19.7 Å². The number of halogens is 1. The lowest BCUT2D eigenvalue weighted by Gasteiger charge is -2.32. The van der Waals surface area contributed by atoms with Crippen molar-refractivity contribution in [3.63, 3.8) is 0 Å². The van der Waals surface area contributed by atoms with Crippen LogP contribution in [0.25, 0.3) is 0 Å². The van der Waals surface area contributed by atoms with Gasteiger partial charge in [0.15, 0.2) is 11.5 Å². The van der Waals surface area contributed by atoms with E-state index in [0.29, 0.717) is 28.0 Å². The Balaban J connectivity index is 1.64. The number of hydrogen-bond donors (Lipinski definition) is 1. The number of nitrogens with zero attached hydrogens (tertiary/aromatic N) is 1. The van der Waals surface area contributed by atoms with Crippen molar-refractivity contribution >= 4 is 17.5 Å². The van der Waals surface area contributed by atoms with Crippen LogP contribution in [0.1, 0.15) is 29.6 Å². The fraction of sp³-hybridized carbons (Fsp3) is 0.562. The fourth-order valence-electron chi connectivity index (χ4n) is 3.05. The van der Waals surface area contributed by atoms with Crippen LogP contribution in [-0.2, 0) is 0 Å². The van der Waals surface area contributed by atoms with E-state index >= 15 is 0 Å². The molecule has 0 bridgehead atoms. The van der Waals surface area contributed by atoms with Crippen LogP contribution >= 0.6 is 11.6 Å². The first-order valence-electron chi connectivity index (χ1n) is 7.72. The fourth-order valence-corrected chi connectivity index (χ4v) is 3.31. The molecule has 2 heterocycles. The normalized spacial score (nSPS) is 17.8. The minimum atomic E-state index is 0.0206. The van der Waals surface area contributed by atoms with E-state index < -0.39 is 0 Å². The molecule has 3 rings (SSSR count). The number of likely N-dealkylation sites (tertiary alicyclic amines) is 1. The first-order valence-corrected chi connectivity index (χ1v) is 8.10. The first-order chi connectivity index (χ1) is 10.7. The van der Waals surface area contributed by atoms with E-state index in [1.165, 1.54) is 6.42 Å². The van der Waals surface area contributed by atoms with Crippen molar-refractivity contribution in [2.45, 2.75) is 19.3 Å². The molecule has 0 radical (unpaired) electrons. The third kappa shape index (κ3) is 3.15. The van der Waals surface area contributed by atoms with Gasteiger partial charge in [0.25, 0.3) is 5.91 Å². The van der Waals surface area contributed by atoms with Gasteiger partial charge in [0.05, 0.1) is 5.02 Å². The molecule has 120 valence electrons. The molecule has 0 aliphatic carbocycles. The Kier molecular flexibility index (Phi) is 4.74. The van der Waals surface area contributed by atoms with E-state index in [2.05, 4.69) is 5.32 Å². The van der Waals surface area contributed by atoms with Crippen LogP contribution in [0.3, 0.4) is 0 Å². The van der Waals surface area contributed by atoms with E-state index in [4.69, 9.17) is 21.1 Å². The van der Waals surface area contributed by atoms with Gasteiger partial charge in [-0.1, -0.05) is 11.6 Å². The molecule has 0 atom stereocenters. The van der Waals surface area contributed by atoms with Gasteiger partial charge >= 0.3 is 0 Å². The van der Waals surface area contributed by atoms with Gasteiger partial charge in [-0.2, -0.15) is 0 Å². The third-order valence-corrected chi connectivity index (χ3v) is 4.66. The third-order valence-electron chi connectivity index (χ3n) is 4.38. The van der Waals surface area contributed by atoms with Crippen molar-refractivity contribution in [2.24, 2.45) is 5.92 Å². The molecule has 1 aromatic carbocycles. The average Bonchev–Trinajstić information content (AvgIpc) is 3.02. The molecule has 1 fully saturated rings. The second-order valence-electron chi connectivity index (χ2n) is 5.82. The molecule has 2 aliphatic rings. The van der Waals surface area contributed by atoms with Crippen molar-refractivity contribution in [3.05, 3.63) is 22.7 Å². The van der Waals surface area contributed by atoms with Gasteiger partial charge in [0.1, 0.15) is 0 Å². The van der Waals surface area contributed by atoms with Crippen LogP contribution in [0, 0.1) is 5.92 Å². The topological polar surface area (TPSA) is 50.8 Å². The van der Waals surface area contributed by atoms with Crippen LogP contribution in [0.2, 0.25) is 5.02 Å². The van der Waals surface area contributed by atoms with E-state index in [0.717, 1.165) is 32.5 Å². The number of hydrogen-bond acceptors (Lipinski definition) is 4. The lowest BCUT2D eigenvalue weighted by Crippen LogP contribution is -2.38. The zero-order chi connectivity index (χ0) is 15.5. The highest BCUT2D eigenvalue weighted by Crippen LogP contribution is 2.40. The average molecular weight is 325 g/mol. The van der Waals surface area contributed by atoms with Crippen LogP contribution in [0.15, 0.2) is 12.1 Å². The molecule has 0 aromatic heterocycles. The Labute approximate surface area is 135 Å². The minimum Gasteiger partial charge on any atom is -0.454 e. The van der Waals surface area contributed by atoms with Crippen molar-refractivity contribution in [1.82, 2.24) is 10.2 Å². The molecule has 1 amide bonds. The maximum absolute atomic E-state index is 12.6. The van der Waals surface area contributed by atoms with Crippen LogP contribution < -0.4 is 14.8 Å². The molecule has 0 unspecified atom stereocenters. The zero-order valence-corrected chi connectivity index (χ0v) is 13.5. The van der Waals surface area contributed by atoms with E-state index in [9.17, 15) is 4.79 Å². The van der Waals surface area contributed by atoms with Crippen molar-refractivity contribution in [3.8, 4) is 11.5 Å².